The third-order valence-electron chi connectivity index (χ3n) is 8.43. The Morgan fingerprint density at radius 3 is 1.48 bits per heavy atom. The summed E-state index contributed by atoms with van der Waals surface area (Å²) >= 11 is 0. The van der Waals surface area contributed by atoms with E-state index in [0.29, 0.717) is 65.3 Å². The summed E-state index contributed by atoms with van der Waals surface area (Å²) in [7, 11) is 4.10. The first-order valence-electron chi connectivity index (χ1n) is 20.3. The van der Waals surface area contributed by atoms with E-state index < -0.39 is 0 Å². The van der Waals surface area contributed by atoms with Gasteiger partial charge >= 0.3 is 11.9 Å². The second-order valence-corrected chi connectivity index (χ2v) is 13.6. The molecular weight excluding hydrogens is 709 g/mol. The fourth-order valence-electron chi connectivity index (χ4n) is 5.20. The zero-order valence-electron chi connectivity index (χ0n) is 34.1. The first-order chi connectivity index (χ1) is 27.5. The third-order valence-corrected chi connectivity index (χ3v) is 8.43. The molecule has 10 heteroatoms. The van der Waals surface area contributed by atoms with Gasteiger partial charge in [-0.25, -0.2) is 0 Å². The van der Waals surface area contributed by atoms with E-state index in [0.717, 1.165) is 57.9 Å². The lowest BCUT2D eigenvalue weighted by atomic mass is 10.1. The molecule has 0 N–H and O–H groups in total. The van der Waals surface area contributed by atoms with Gasteiger partial charge in [-0.3, -0.25) is 14.6 Å². The molecule has 0 aromatic carbocycles. The molecule has 0 amide bonds. The molecule has 10 nitrogen and oxygen atoms in total. The molecule has 2 unspecified atom stereocenters. The van der Waals surface area contributed by atoms with Crippen molar-refractivity contribution in [2.45, 2.75) is 89.3 Å². The summed E-state index contributed by atoms with van der Waals surface area (Å²) in [5, 5.41) is 0. The molecule has 0 radical (unpaired) electrons. The SMILES string of the molecule is CN(C)CCC1COCC=CCC=CCOC(=O)CCC=CCC=CCOCC(CCC2=CN=CC2)OCC=CCC=CCCC(=O)OCC=CCC=CCO1. The molecule has 2 aliphatic heterocycles. The number of hydrogen-bond acceptors (Lipinski definition) is 10. The van der Waals surface area contributed by atoms with Crippen molar-refractivity contribution in [3.8, 4) is 0 Å². The van der Waals surface area contributed by atoms with Gasteiger partial charge in [-0.2, -0.15) is 0 Å². The normalized spacial score (nSPS) is 22.3. The van der Waals surface area contributed by atoms with Gasteiger partial charge in [0, 0.05) is 38.2 Å². The van der Waals surface area contributed by atoms with Crippen molar-refractivity contribution in [3.05, 3.63) is 109 Å². The van der Waals surface area contributed by atoms with Gasteiger partial charge in [0.2, 0.25) is 0 Å². The van der Waals surface area contributed by atoms with Gasteiger partial charge in [0.25, 0.3) is 0 Å². The fourth-order valence-corrected chi connectivity index (χ4v) is 5.20. The van der Waals surface area contributed by atoms with Crippen LogP contribution in [0.25, 0.3) is 0 Å². The predicted octanol–water partition coefficient (Wildman–Crippen LogP) is 8.55. The molecule has 0 spiro atoms. The Morgan fingerprint density at radius 2 is 1.02 bits per heavy atom. The first-order valence-corrected chi connectivity index (χ1v) is 20.3. The second kappa shape index (κ2) is 35.5. The molecule has 0 bridgehead atoms. The van der Waals surface area contributed by atoms with E-state index in [1.54, 1.807) is 0 Å². The van der Waals surface area contributed by atoms with E-state index in [4.69, 9.17) is 28.4 Å². The lowest BCUT2D eigenvalue weighted by Gasteiger charge is -2.19. The van der Waals surface area contributed by atoms with E-state index >= 15 is 0 Å². The predicted molar refractivity (Wildman–Crippen MR) is 227 cm³/mol. The maximum Gasteiger partial charge on any atom is 0.306 e. The quantitative estimate of drug-likeness (QED) is 0.194. The maximum atomic E-state index is 12.1. The highest BCUT2D eigenvalue weighted by molar-refractivity contribution is 5.70. The van der Waals surface area contributed by atoms with E-state index in [2.05, 4.69) is 28.1 Å². The summed E-state index contributed by atoms with van der Waals surface area (Å²) in [5.41, 5.74) is 1.32. The van der Waals surface area contributed by atoms with E-state index in [-0.39, 0.29) is 37.4 Å². The number of ether oxygens (including phenoxy) is 6. The number of hydrogen-bond donors (Lipinski definition) is 0. The molecule has 0 aromatic rings. The second-order valence-electron chi connectivity index (χ2n) is 13.6. The molecule has 0 aromatic heterocycles. The Bertz CT molecular complexity index is 1340. The average Bonchev–Trinajstić information content (AvgIpc) is 3.71. The zero-order chi connectivity index (χ0) is 40.0. The minimum absolute atomic E-state index is 0.00331. The van der Waals surface area contributed by atoms with Gasteiger partial charge in [0.15, 0.2) is 0 Å². The van der Waals surface area contributed by atoms with Gasteiger partial charge in [-0.05, 0) is 77.5 Å². The lowest BCUT2D eigenvalue weighted by molar-refractivity contribution is -0.143. The number of carbonyl (C=O) groups is 2. The van der Waals surface area contributed by atoms with E-state index in [1.165, 1.54) is 5.57 Å². The largest absolute Gasteiger partial charge is 0.461 e. The molecule has 0 saturated heterocycles. The first kappa shape index (κ1) is 48.2. The van der Waals surface area contributed by atoms with Crippen LogP contribution in [0.5, 0.6) is 0 Å². The van der Waals surface area contributed by atoms with Gasteiger partial charge in [-0.15, -0.1) is 0 Å². The molecule has 56 heavy (non-hydrogen) atoms. The van der Waals surface area contributed by atoms with Crippen molar-refractivity contribution in [2.75, 3.05) is 73.5 Å². The average molecular weight is 777 g/mol. The Morgan fingerprint density at radius 1 is 0.571 bits per heavy atom. The van der Waals surface area contributed by atoms with Crippen molar-refractivity contribution >= 4 is 18.2 Å². The van der Waals surface area contributed by atoms with Crippen LogP contribution in [0.1, 0.15) is 77.0 Å². The number of carbonyl (C=O) groups excluding carboxylic acids is 2. The van der Waals surface area contributed by atoms with Gasteiger partial charge in [0.1, 0.15) is 13.2 Å². The fraction of sp³-hybridized carbons (Fsp3) is 0.543. The zero-order valence-corrected chi connectivity index (χ0v) is 34.1. The Labute approximate surface area is 337 Å². The van der Waals surface area contributed by atoms with Crippen LogP contribution in [0.2, 0.25) is 0 Å². The highest BCUT2D eigenvalue weighted by atomic mass is 16.5. The summed E-state index contributed by atoms with van der Waals surface area (Å²) in [6.45, 7) is 4.52. The van der Waals surface area contributed by atoms with Crippen LogP contribution in [-0.4, -0.2) is 109 Å². The number of nitrogens with zero attached hydrogens (tertiary/aromatic N) is 2. The van der Waals surface area contributed by atoms with Crippen molar-refractivity contribution < 1.29 is 38.0 Å². The number of cyclic esters (lactones) is 2. The number of allylic oxidation sites excluding steroid dienone is 11. The molecule has 0 aliphatic carbocycles. The summed E-state index contributed by atoms with van der Waals surface area (Å²) in [4.78, 5) is 30.5. The van der Waals surface area contributed by atoms with Crippen LogP contribution in [0.4, 0.5) is 0 Å². The number of rotatable bonds is 6. The highest BCUT2D eigenvalue weighted by Crippen LogP contribution is 2.16. The maximum absolute atomic E-state index is 12.1. The van der Waals surface area contributed by atoms with Gasteiger partial charge in [-0.1, -0.05) is 97.2 Å². The molecule has 0 fully saturated rings. The van der Waals surface area contributed by atoms with Crippen LogP contribution < -0.4 is 0 Å². The topological polar surface area (TPSA) is 105 Å². The summed E-state index contributed by atoms with van der Waals surface area (Å²) in [5.74, 6) is -0.406. The number of esters is 2. The van der Waals surface area contributed by atoms with Crippen molar-refractivity contribution in [3.63, 3.8) is 0 Å². The van der Waals surface area contributed by atoms with Crippen molar-refractivity contribution in [2.24, 2.45) is 4.99 Å². The van der Waals surface area contributed by atoms with Crippen LogP contribution >= 0.6 is 0 Å². The molecular formula is C46H68N2O8. The van der Waals surface area contributed by atoms with Crippen LogP contribution in [0.15, 0.2) is 114 Å². The molecule has 2 rings (SSSR count). The molecule has 0 saturated carbocycles. The van der Waals surface area contributed by atoms with Crippen LogP contribution in [-0.2, 0) is 38.0 Å². The van der Waals surface area contributed by atoms with Gasteiger partial charge in [0.05, 0.1) is 51.8 Å². The van der Waals surface area contributed by atoms with Gasteiger partial charge < -0.3 is 33.3 Å². The monoisotopic (exact) mass is 776 g/mol. The summed E-state index contributed by atoms with van der Waals surface area (Å²) in [6, 6.07) is 0. The molecule has 2 atom stereocenters. The highest BCUT2D eigenvalue weighted by Gasteiger charge is 2.12. The standard InChI is InChI=1S/C46H68N2O8/c1-48(2)32-30-44-41-52-34-20-12-7-15-23-37-55-45(49)25-17-9-3-5-11-19-33-51-40-43(28-27-42-29-31-47-39-42)53-35-21-13-6-4-10-18-26-46(50)56-38-24-16-8-14-22-36-54-44/h3-4,9-16,19-24,31,39,43-44H,5-8,17-18,25-30,32-38,40-41H2,1-2H3. The third kappa shape index (κ3) is 30.3. The molecule has 2 heterocycles. The van der Waals surface area contributed by atoms with Crippen LogP contribution in [0, 0.1) is 0 Å². The van der Waals surface area contributed by atoms with Crippen molar-refractivity contribution in [1.82, 2.24) is 4.90 Å². The van der Waals surface area contributed by atoms with Crippen LogP contribution in [0.3, 0.4) is 0 Å². The molecule has 310 valence electrons. The van der Waals surface area contributed by atoms with E-state index in [1.807, 2.05) is 105 Å². The lowest BCUT2D eigenvalue weighted by Crippen LogP contribution is -2.26. The minimum atomic E-state index is -0.203. The smallest absolute Gasteiger partial charge is 0.306 e. The Kier molecular flexibility index (Phi) is 30.6. The van der Waals surface area contributed by atoms with Crippen molar-refractivity contribution in [1.29, 1.82) is 0 Å². The number of aliphatic imine (C=N–C) groups is 1. The minimum Gasteiger partial charge on any atom is -0.461 e. The summed E-state index contributed by atoms with van der Waals surface area (Å²) < 4.78 is 34.6. The summed E-state index contributed by atoms with van der Waals surface area (Å²) in [6.07, 6.45) is 44.5. The Hall–Kier alpha value is -3.93. The molecule has 2 aliphatic rings. The Balaban J connectivity index is 1.83. The van der Waals surface area contributed by atoms with E-state index in [9.17, 15) is 9.59 Å².